The van der Waals surface area contributed by atoms with E-state index in [4.69, 9.17) is 9.97 Å². The number of para-hydroxylation sites is 1. The molecule has 2 heterocycles. The van der Waals surface area contributed by atoms with E-state index < -0.39 is 0 Å². The van der Waals surface area contributed by atoms with Crippen molar-refractivity contribution in [3.63, 3.8) is 0 Å². The molecule has 0 radical (unpaired) electrons. The van der Waals surface area contributed by atoms with Gasteiger partial charge in [0.05, 0.1) is 28.0 Å². The first kappa shape index (κ1) is 44.0. The zero-order chi connectivity index (χ0) is 47.3. The van der Waals surface area contributed by atoms with Gasteiger partial charge in [-0.3, -0.25) is 9.55 Å². The van der Waals surface area contributed by atoms with Crippen molar-refractivity contribution in [2.24, 2.45) is 0 Å². The van der Waals surface area contributed by atoms with E-state index in [1.54, 1.807) is 0 Å². The standard InChI is InChI=1S/C64H57N3O/c1-41-33-42(2)61(68)55(34-41)62-66-60-52(25-18-26-58(60)67(62)59-40-53(46-21-14-10-15-22-46)56(64(6,7)8)39-54(59)47-23-16-11-17-24-47)49-35-50(37-51(36-49)63(3,4)5)57-38-48(31-32-65-57)45-29-27-44(28-30-45)43-19-12-9-13-20-43/h9-40,68H,1-8H3. The Kier molecular flexibility index (Phi) is 11.3. The average Bonchev–Trinajstić information content (AvgIpc) is 3.74. The number of nitrogens with zero attached hydrogens (tertiary/aromatic N) is 3. The van der Waals surface area contributed by atoms with Crippen molar-refractivity contribution in [2.75, 3.05) is 0 Å². The zero-order valence-corrected chi connectivity index (χ0v) is 40.3. The van der Waals surface area contributed by atoms with Gasteiger partial charge in [-0.1, -0.05) is 181 Å². The molecule has 10 aromatic rings. The molecule has 1 N–H and O–H groups in total. The molecule has 10 rings (SSSR count). The van der Waals surface area contributed by atoms with Crippen LogP contribution in [0.25, 0.3) is 95.0 Å². The number of phenols is 1. The van der Waals surface area contributed by atoms with E-state index in [-0.39, 0.29) is 16.6 Å². The third kappa shape index (κ3) is 8.43. The molecule has 8 aromatic carbocycles. The summed E-state index contributed by atoms with van der Waals surface area (Å²) in [5, 5.41) is 12.0. The first-order valence-electron chi connectivity index (χ1n) is 23.6. The summed E-state index contributed by atoms with van der Waals surface area (Å²) < 4.78 is 2.29. The molecule has 334 valence electrons. The summed E-state index contributed by atoms with van der Waals surface area (Å²) in [5.74, 6) is 0.901. The van der Waals surface area contributed by atoms with Crippen molar-refractivity contribution in [3.05, 3.63) is 217 Å². The summed E-state index contributed by atoms with van der Waals surface area (Å²) in [6, 6.07) is 67.1. The van der Waals surface area contributed by atoms with Crippen LogP contribution in [0.1, 0.15) is 63.8 Å². The Morgan fingerprint density at radius 1 is 0.441 bits per heavy atom. The molecule has 0 unspecified atom stereocenters. The van der Waals surface area contributed by atoms with Gasteiger partial charge < -0.3 is 5.11 Å². The number of benzene rings is 8. The molecule has 0 fully saturated rings. The van der Waals surface area contributed by atoms with Crippen LogP contribution in [-0.2, 0) is 10.8 Å². The number of aromatic hydroxyl groups is 1. The van der Waals surface area contributed by atoms with Crippen LogP contribution in [-0.4, -0.2) is 19.6 Å². The molecule has 0 bridgehead atoms. The molecule has 0 saturated heterocycles. The fourth-order valence-electron chi connectivity index (χ4n) is 9.60. The molecule has 68 heavy (non-hydrogen) atoms. The Morgan fingerprint density at radius 2 is 1.03 bits per heavy atom. The largest absolute Gasteiger partial charge is 0.507 e. The minimum Gasteiger partial charge on any atom is -0.507 e. The fraction of sp³-hybridized carbons (Fsp3) is 0.156. The molecule has 0 aliphatic heterocycles. The fourth-order valence-corrected chi connectivity index (χ4v) is 9.60. The van der Waals surface area contributed by atoms with Crippen molar-refractivity contribution >= 4 is 11.0 Å². The zero-order valence-electron chi connectivity index (χ0n) is 40.3. The third-order valence-electron chi connectivity index (χ3n) is 13.2. The smallest absolute Gasteiger partial charge is 0.149 e. The minimum absolute atomic E-state index is 0.161. The Hall–Kier alpha value is -7.82. The highest BCUT2D eigenvalue weighted by molar-refractivity contribution is 5.98. The monoisotopic (exact) mass is 883 g/mol. The number of imidazole rings is 1. The number of phenolic OH excluding ortho intramolecular Hbond substituents is 1. The number of aromatic nitrogens is 3. The Bertz CT molecular complexity index is 3460. The van der Waals surface area contributed by atoms with E-state index in [1.165, 1.54) is 22.3 Å². The van der Waals surface area contributed by atoms with Crippen LogP contribution in [0.2, 0.25) is 0 Å². The van der Waals surface area contributed by atoms with Crippen molar-refractivity contribution < 1.29 is 5.11 Å². The van der Waals surface area contributed by atoms with Gasteiger partial charge in [0.2, 0.25) is 0 Å². The molecule has 2 aromatic heterocycles. The number of hydrogen-bond acceptors (Lipinski definition) is 3. The van der Waals surface area contributed by atoms with Crippen molar-refractivity contribution in [2.45, 2.75) is 66.2 Å². The lowest BCUT2D eigenvalue weighted by Gasteiger charge is -2.27. The van der Waals surface area contributed by atoms with Gasteiger partial charge in [-0.25, -0.2) is 4.98 Å². The Labute approximate surface area is 401 Å². The topological polar surface area (TPSA) is 50.9 Å². The van der Waals surface area contributed by atoms with Crippen LogP contribution in [0.5, 0.6) is 5.75 Å². The lowest BCUT2D eigenvalue weighted by atomic mass is 9.79. The van der Waals surface area contributed by atoms with Crippen LogP contribution in [0.15, 0.2) is 194 Å². The molecule has 4 heteroatoms. The molecule has 0 spiro atoms. The Balaban J connectivity index is 1.22. The molecule has 0 amide bonds. The molecular formula is C64H57N3O. The molecule has 0 aliphatic rings. The van der Waals surface area contributed by atoms with Crippen LogP contribution in [0.4, 0.5) is 0 Å². The van der Waals surface area contributed by atoms with Gasteiger partial charge in [0.1, 0.15) is 11.6 Å². The number of aryl methyl sites for hydroxylation is 2. The van der Waals surface area contributed by atoms with E-state index >= 15 is 0 Å². The van der Waals surface area contributed by atoms with Crippen molar-refractivity contribution in [1.29, 1.82) is 0 Å². The molecule has 0 atom stereocenters. The second-order valence-corrected chi connectivity index (χ2v) is 20.2. The van der Waals surface area contributed by atoms with Crippen LogP contribution < -0.4 is 0 Å². The predicted octanol–water partition coefficient (Wildman–Crippen LogP) is 17.0. The second-order valence-electron chi connectivity index (χ2n) is 20.2. The van der Waals surface area contributed by atoms with Gasteiger partial charge in [0, 0.05) is 22.9 Å². The molecule has 0 aliphatic carbocycles. The summed E-state index contributed by atoms with van der Waals surface area (Å²) in [4.78, 5) is 10.6. The quantitative estimate of drug-likeness (QED) is 0.165. The first-order valence-corrected chi connectivity index (χ1v) is 23.6. The van der Waals surface area contributed by atoms with Gasteiger partial charge in [0.25, 0.3) is 0 Å². The second kappa shape index (κ2) is 17.4. The van der Waals surface area contributed by atoms with Crippen LogP contribution in [0.3, 0.4) is 0 Å². The van der Waals surface area contributed by atoms with Gasteiger partial charge in [-0.05, 0) is 140 Å². The normalized spacial score (nSPS) is 11.9. The first-order chi connectivity index (χ1) is 32.7. The maximum atomic E-state index is 12.0. The lowest BCUT2D eigenvalue weighted by molar-refractivity contribution is 0.472. The summed E-state index contributed by atoms with van der Waals surface area (Å²) in [6.07, 6.45) is 1.92. The van der Waals surface area contributed by atoms with Crippen molar-refractivity contribution in [1.82, 2.24) is 14.5 Å². The minimum atomic E-state index is -0.163. The van der Waals surface area contributed by atoms with Gasteiger partial charge in [-0.2, -0.15) is 0 Å². The van der Waals surface area contributed by atoms with Crippen LogP contribution in [0, 0.1) is 13.8 Å². The van der Waals surface area contributed by atoms with Gasteiger partial charge in [0.15, 0.2) is 0 Å². The van der Waals surface area contributed by atoms with E-state index in [9.17, 15) is 5.11 Å². The highest BCUT2D eigenvalue weighted by atomic mass is 16.3. The van der Waals surface area contributed by atoms with E-state index in [1.807, 2.05) is 19.2 Å². The molecular weight excluding hydrogens is 827 g/mol. The number of fused-ring (bicyclic) bond motifs is 1. The summed E-state index contributed by atoms with van der Waals surface area (Å²) in [7, 11) is 0. The highest BCUT2D eigenvalue weighted by Crippen LogP contribution is 2.45. The summed E-state index contributed by atoms with van der Waals surface area (Å²) in [5.41, 5.74) is 20.6. The predicted molar refractivity (Wildman–Crippen MR) is 285 cm³/mol. The molecule has 0 saturated carbocycles. The number of pyridine rings is 1. The number of hydrogen-bond donors (Lipinski definition) is 1. The lowest BCUT2D eigenvalue weighted by Crippen LogP contribution is -2.14. The SMILES string of the molecule is Cc1cc(C)c(O)c(-c2nc3c(-c4cc(-c5cc(-c6ccc(-c7ccccc7)cc6)ccn5)cc(C(C)(C)C)c4)cccc3n2-c2cc(-c3ccccc3)c(C(C)(C)C)cc2-c2ccccc2)c1. The number of rotatable bonds is 8. The molecule has 4 nitrogen and oxygen atoms in total. The summed E-state index contributed by atoms with van der Waals surface area (Å²) in [6.45, 7) is 17.7. The van der Waals surface area contributed by atoms with Crippen molar-refractivity contribution in [3.8, 4) is 89.7 Å². The Morgan fingerprint density at radius 3 is 1.66 bits per heavy atom. The van der Waals surface area contributed by atoms with Crippen LogP contribution >= 0.6 is 0 Å². The average molecular weight is 884 g/mol. The maximum absolute atomic E-state index is 12.0. The summed E-state index contributed by atoms with van der Waals surface area (Å²) >= 11 is 0. The van der Waals surface area contributed by atoms with Gasteiger partial charge in [-0.15, -0.1) is 0 Å². The maximum Gasteiger partial charge on any atom is 0.149 e. The highest BCUT2D eigenvalue weighted by Gasteiger charge is 2.28. The van der Waals surface area contributed by atoms with E-state index in [2.05, 4.69) is 235 Å². The van der Waals surface area contributed by atoms with Gasteiger partial charge >= 0.3 is 0 Å². The van der Waals surface area contributed by atoms with E-state index in [0.29, 0.717) is 11.4 Å². The van der Waals surface area contributed by atoms with E-state index in [0.717, 1.165) is 83.6 Å². The third-order valence-corrected chi connectivity index (χ3v) is 13.2.